The van der Waals surface area contributed by atoms with Crippen LogP contribution in [0, 0.1) is 0 Å². The smallest absolute Gasteiger partial charge is 0.127 e. The molecule has 0 aliphatic heterocycles. The molecular weight excluding hydrogens is 281 g/mol. The van der Waals surface area contributed by atoms with Crippen molar-refractivity contribution in [3.05, 3.63) is 29.0 Å². The maximum atomic E-state index is 6.26. The van der Waals surface area contributed by atoms with Crippen LogP contribution >= 0.6 is 23.2 Å². The number of aromatic nitrogens is 2. The van der Waals surface area contributed by atoms with E-state index in [0.717, 1.165) is 23.4 Å². The Morgan fingerprint density at radius 1 is 1.32 bits per heavy atom. The lowest BCUT2D eigenvalue weighted by atomic mass is 10.2. The Kier molecular flexibility index (Phi) is 4.39. The van der Waals surface area contributed by atoms with Crippen LogP contribution in [0.15, 0.2) is 18.2 Å². The topological polar surface area (TPSA) is 21.1 Å². The molecule has 0 spiro atoms. The lowest BCUT2D eigenvalue weighted by Crippen LogP contribution is -2.29. The number of hydrogen-bond donors (Lipinski definition) is 0. The molecule has 0 bridgehead atoms. The van der Waals surface area contributed by atoms with Gasteiger partial charge in [-0.2, -0.15) is 0 Å². The second-order valence-corrected chi connectivity index (χ2v) is 6.18. The molecule has 0 radical (unpaired) electrons. The average Bonchev–Trinajstić information content (AvgIpc) is 2.70. The van der Waals surface area contributed by atoms with Crippen molar-refractivity contribution in [2.24, 2.45) is 0 Å². The number of imidazole rings is 1. The van der Waals surface area contributed by atoms with Crippen molar-refractivity contribution in [3.63, 3.8) is 0 Å². The van der Waals surface area contributed by atoms with E-state index in [0.29, 0.717) is 11.1 Å². The Bertz CT molecular complexity index is 575. The summed E-state index contributed by atoms with van der Waals surface area (Å²) in [7, 11) is 4.14. The van der Waals surface area contributed by atoms with Gasteiger partial charge in [0.1, 0.15) is 11.3 Å². The number of benzene rings is 1. The zero-order valence-corrected chi connectivity index (χ0v) is 13.2. The van der Waals surface area contributed by atoms with Gasteiger partial charge in [-0.05, 0) is 40.1 Å². The lowest BCUT2D eigenvalue weighted by Gasteiger charge is -2.22. The molecule has 0 aliphatic rings. The molecule has 3 nitrogen and oxygen atoms in total. The summed E-state index contributed by atoms with van der Waals surface area (Å²) >= 11 is 12.5. The van der Waals surface area contributed by atoms with Gasteiger partial charge in [-0.3, -0.25) is 0 Å². The van der Waals surface area contributed by atoms with Crippen molar-refractivity contribution >= 4 is 34.2 Å². The van der Waals surface area contributed by atoms with Crippen molar-refractivity contribution < 1.29 is 0 Å². The highest BCUT2D eigenvalue weighted by atomic mass is 35.5. The molecule has 5 heteroatoms. The number of hydrogen-bond acceptors (Lipinski definition) is 2. The first-order valence-corrected chi connectivity index (χ1v) is 7.18. The molecule has 0 N–H and O–H groups in total. The van der Waals surface area contributed by atoms with E-state index >= 15 is 0 Å². The van der Waals surface area contributed by atoms with Gasteiger partial charge >= 0.3 is 0 Å². The molecule has 2 rings (SSSR count). The predicted molar refractivity (Wildman–Crippen MR) is 82.2 cm³/mol. The quantitative estimate of drug-likeness (QED) is 0.797. The Morgan fingerprint density at radius 2 is 2.00 bits per heavy atom. The van der Waals surface area contributed by atoms with Crippen LogP contribution in [0.5, 0.6) is 0 Å². The Balaban J connectivity index is 2.56. The lowest BCUT2D eigenvalue weighted by molar-refractivity contribution is 0.284. The summed E-state index contributed by atoms with van der Waals surface area (Å²) in [5.74, 6) is 0.874. The number of likely N-dealkylation sites (N-methyl/N-ethyl adjacent to an activating group) is 1. The zero-order chi connectivity index (χ0) is 14.2. The number of fused-ring (bicyclic) bond motifs is 1. The van der Waals surface area contributed by atoms with Gasteiger partial charge < -0.3 is 9.47 Å². The summed E-state index contributed by atoms with van der Waals surface area (Å²) in [6, 6.07) is 6.25. The van der Waals surface area contributed by atoms with Crippen LogP contribution in [0.3, 0.4) is 0 Å². The molecule has 104 valence electrons. The van der Waals surface area contributed by atoms with Gasteiger partial charge in [0.25, 0.3) is 0 Å². The molecule has 0 saturated heterocycles. The molecule has 2 unspecified atom stereocenters. The average molecular weight is 300 g/mol. The van der Waals surface area contributed by atoms with Crippen molar-refractivity contribution in [2.45, 2.75) is 31.8 Å². The highest BCUT2D eigenvalue weighted by molar-refractivity contribution is 6.35. The molecule has 1 aromatic carbocycles. The molecular formula is C14H19Cl2N3. The second kappa shape index (κ2) is 5.70. The summed E-state index contributed by atoms with van der Waals surface area (Å²) < 4.78 is 2.17. The van der Waals surface area contributed by atoms with Gasteiger partial charge in [-0.25, -0.2) is 4.98 Å². The summed E-state index contributed by atoms with van der Waals surface area (Å²) in [4.78, 5) is 6.78. The number of rotatable bonds is 4. The van der Waals surface area contributed by atoms with Gasteiger partial charge in [0.15, 0.2) is 0 Å². The fraction of sp³-hybridized carbons (Fsp3) is 0.500. The molecule has 2 aromatic rings. The first-order valence-electron chi connectivity index (χ1n) is 6.37. The maximum absolute atomic E-state index is 6.26. The van der Waals surface area contributed by atoms with E-state index in [1.54, 1.807) is 0 Å². The van der Waals surface area contributed by atoms with Crippen LogP contribution in [-0.4, -0.2) is 34.6 Å². The highest BCUT2D eigenvalue weighted by Gasteiger charge is 2.18. The van der Waals surface area contributed by atoms with E-state index < -0.39 is 0 Å². The van der Waals surface area contributed by atoms with E-state index in [4.69, 9.17) is 23.2 Å². The van der Waals surface area contributed by atoms with Crippen LogP contribution in [0.2, 0.25) is 5.02 Å². The van der Waals surface area contributed by atoms with Crippen molar-refractivity contribution in [1.82, 2.24) is 14.5 Å². The summed E-state index contributed by atoms with van der Waals surface area (Å²) in [6.45, 7) is 4.96. The molecule has 2 atom stereocenters. The Hall–Kier alpha value is -0.770. The van der Waals surface area contributed by atoms with Crippen molar-refractivity contribution in [1.29, 1.82) is 0 Å². The fourth-order valence-electron chi connectivity index (χ4n) is 2.05. The van der Waals surface area contributed by atoms with E-state index in [1.165, 1.54) is 0 Å². The number of alkyl halides is 1. The monoisotopic (exact) mass is 299 g/mol. The van der Waals surface area contributed by atoms with Crippen LogP contribution in [0.1, 0.15) is 25.0 Å². The van der Waals surface area contributed by atoms with E-state index in [-0.39, 0.29) is 5.38 Å². The molecule has 1 heterocycles. The van der Waals surface area contributed by atoms with Crippen LogP contribution < -0.4 is 0 Å². The van der Waals surface area contributed by atoms with Crippen LogP contribution in [-0.2, 0) is 6.54 Å². The second-order valence-electron chi connectivity index (χ2n) is 5.12. The van der Waals surface area contributed by atoms with Crippen LogP contribution in [0.4, 0.5) is 0 Å². The third kappa shape index (κ3) is 2.88. The fourth-order valence-corrected chi connectivity index (χ4v) is 2.43. The van der Waals surface area contributed by atoms with Gasteiger partial charge in [0, 0.05) is 12.6 Å². The Labute approximate surface area is 124 Å². The highest BCUT2D eigenvalue weighted by Crippen LogP contribution is 2.29. The van der Waals surface area contributed by atoms with E-state index in [9.17, 15) is 0 Å². The predicted octanol–water partition coefficient (Wildman–Crippen LogP) is 3.94. The third-order valence-electron chi connectivity index (χ3n) is 3.44. The van der Waals surface area contributed by atoms with Gasteiger partial charge in [0.05, 0.1) is 15.9 Å². The molecule has 19 heavy (non-hydrogen) atoms. The van der Waals surface area contributed by atoms with Crippen molar-refractivity contribution in [3.8, 4) is 0 Å². The normalized spacial score (nSPS) is 15.1. The zero-order valence-electron chi connectivity index (χ0n) is 11.7. The standard InChI is InChI=1S/C14H19Cl2N3/c1-9(18(3)4)8-19-12-7-5-6-11(16)13(12)17-14(19)10(2)15/h5-7,9-10H,8H2,1-4H3. The van der Waals surface area contributed by atoms with E-state index in [2.05, 4.69) is 35.5 Å². The first kappa shape index (κ1) is 14.6. The van der Waals surface area contributed by atoms with Crippen molar-refractivity contribution in [2.75, 3.05) is 14.1 Å². The molecule has 1 aromatic heterocycles. The number of para-hydroxylation sites is 1. The SMILES string of the molecule is CC(Cl)c1nc2c(Cl)cccc2n1CC(C)N(C)C. The summed E-state index contributed by atoms with van der Waals surface area (Å²) in [5, 5.41) is 0.533. The number of nitrogens with zero attached hydrogens (tertiary/aromatic N) is 3. The largest absolute Gasteiger partial charge is 0.325 e. The summed E-state index contributed by atoms with van der Waals surface area (Å²) in [5.41, 5.74) is 1.88. The maximum Gasteiger partial charge on any atom is 0.127 e. The first-order chi connectivity index (χ1) is 8.91. The van der Waals surface area contributed by atoms with E-state index in [1.807, 2.05) is 25.1 Å². The summed E-state index contributed by atoms with van der Waals surface area (Å²) in [6.07, 6.45) is 0. The minimum Gasteiger partial charge on any atom is -0.325 e. The van der Waals surface area contributed by atoms with Gasteiger partial charge in [-0.15, -0.1) is 11.6 Å². The Morgan fingerprint density at radius 3 is 2.58 bits per heavy atom. The minimum atomic E-state index is -0.141. The number of halogens is 2. The van der Waals surface area contributed by atoms with Crippen LogP contribution in [0.25, 0.3) is 11.0 Å². The molecule has 0 fully saturated rings. The molecule has 0 aliphatic carbocycles. The molecule has 0 amide bonds. The molecule has 0 saturated carbocycles. The minimum absolute atomic E-state index is 0.141. The van der Waals surface area contributed by atoms with Gasteiger partial charge in [0.2, 0.25) is 0 Å². The third-order valence-corrected chi connectivity index (χ3v) is 3.94. The van der Waals surface area contributed by atoms with Gasteiger partial charge in [-0.1, -0.05) is 17.7 Å².